The van der Waals surface area contributed by atoms with Crippen LogP contribution >= 0.6 is 0 Å². The Labute approximate surface area is 114 Å². The standard InChI is InChI=1S/C12H16F3N5/c1-4-20-11(12(13,14)15)5-9(18-20)6-16-10-7-19(3)17-8(10)2/h5,7,16H,4,6H2,1-3H3. The van der Waals surface area contributed by atoms with Gasteiger partial charge in [0.2, 0.25) is 0 Å². The number of nitrogens with zero attached hydrogens (tertiary/aromatic N) is 4. The van der Waals surface area contributed by atoms with Crippen LogP contribution in [0.3, 0.4) is 0 Å². The van der Waals surface area contributed by atoms with Crippen molar-refractivity contribution in [2.45, 2.75) is 33.1 Å². The molecule has 2 rings (SSSR count). The average Bonchev–Trinajstić information content (AvgIpc) is 2.89. The molecule has 5 nitrogen and oxygen atoms in total. The molecule has 0 aliphatic carbocycles. The highest BCUT2D eigenvalue weighted by molar-refractivity contribution is 5.45. The molecule has 110 valence electrons. The first-order valence-electron chi connectivity index (χ1n) is 6.19. The van der Waals surface area contributed by atoms with Gasteiger partial charge in [0.25, 0.3) is 0 Å². The number of nitrogens with one attached hydrogen (secondary N) is 1. The summed E-state index contributed by atoms with van der Waals surface area (Å²) in [5, 5.41) is 11.1. The summed E-state index contributed by atoms with van der Waals surface area (Å²) in [6, 6.07) is 1.07. The Morgan fingerprint density at radius 1 is 1.30 bits per heavy atom. The lowest BCUT2D eigenvalue weighted by Crippen LogP contribution is -2.13. The van der Waals surface area contributed by atoms with Gasteiger partial charge in [-0.2, -0.15) is 23.4 Å². The number of rotatable bonds is 4. The van der Waals surface area contributed by atoms with Crippen molar-refractivity contribution in [1.29, 1.82) is 0 Å². The Morgan fingerprint density at radius 2 is 2.00 bits per heavy atom. The molecule has 0 atom stereocenters. The van der Waals surface area contributed by atoms with Crippen LogP contribution in [-0.2, 0) is 26.3 Å². The summed E-state index contributed by atoms with van der Waals surface area (Å²) in [4.78, 5) is 0. The van der Waals surface area contributed by atoms with E-state index in [4.69, 9.17) is 0 Å². The van der Waals surface area contributed by atoms with Gasteiger partial charge in [-0.3, -0.25) is 9.36 Å². The Kier molecular flexibility index (Phi) is 3.74. The molecule has 0 aliphatic heterocycles. The van der Waals surface area contributed by atoms with Crippen LogP contribution in [0.2, 0.25) is 0 Å². The molecule has 0 bridgehead atoms. The Morgan fingerprint density at radius 3 is 2.45 bits per heavy atom. The fourth-order valence-electron chi connectivity index (χ4n) is 1.98. The minimum atomic E-state index is -4.38. The largest absolute Gasteiger partial charge is 0.433 e. The van der Waals surface area contributed by atoms with Gasteiger partial charge in [-0.15, -0.1) is 0 Å². The van der Waals surface area contributed by atoms with Gasteiger partial charge in [-0.25, -0.2) is 0 Å². The van der Waals surface area contributed by atoms with E-state index in [2.05, 4.69) is 15.5 Å². The summed E-state index contributed by atoms with van der Waals surface area (Å²) in [5.74, 6) is 0. The van der Waals surface area contributed by atoms with Crippen LogP contribution in [0.1, 0.15) is 24.0 Å². The third-order valence-electron chi connectivity index (χ3n) is 2.89. The smallest absolute Gasteiger partial charge is 0.377 e. The predicted molar refractivity (Wildman–Crippen MR) is 68.2 cm³/mol. The van der Waals surface area contributed by atoms with Gasteiger partial charge < -0.3 is 5.32 Å². The van der Waals surface area contributed by atoms with Crippen molar-refractivity contribution in [2.75, 3.05) is 5.32 Å². The fraction of sp³-hybridized carbons (Fsp3) is 0.500. The van der Waals surface area contributed by atoms with Crippen molar-refractivity contribution >= 4 is 5.69 Å². The lowest BCUT2D eigenvalue weighted by atomic mass is 10.3. The van der Waals surface area contributed by atoms with Crippen LogP contribution in [0.25, 0.3) is 0 Å². The fourth-order valence-corrected chi connectivity index (χ4v) is 1.98. The van der Waals surface area contributed by atoms with Crippen molar-refractivity contribution in [2.24, 2.45) is 7.05 Å². The van der Waals surface area contributed by atoms with E-state index in [-0.39, 0.29) is 13.1 Å². The lowest BCUT2D eigenvalue weighted by Gasteiger charge is -2.07. The number of alkyl halides is 3. The maximum absolute atomic E-state index is 12.8. The molecular weight excluding hydrogens is 271 g/mol. The zero-order chi connectivity index (χ0) is 14.9. The SMILES string of the molecule is CCn1nc(CNc2cn(C)nc2C)cc1C(F)(F)F. The molecule has 2 heterocycles. The van der Waals surface area contributed by atoms with E-state index in [1.165, 1.54) is 0 Å². The van der Waals surface area contributed by atoms with Gasteiger partial charge in [0.1, 0.15) is 5.69 Å². The minimum Gasteiger partial charge on any atom is -0.377 e. The molecule has 0 spiro atoms. The van der Waals surface area contributed by atoms with Crippen molar-refractivity contribution in [1.82, 2.24) is 19.6 Å². The van der Waals surface area contributed by atoms with E-state index in [1.807, 2.05) is 6.92 Å². The summed E-state index contributed by atoms with van der Waals surface area (Å²) in [5.41, 5.74) is 1.20. The molecule has 0 aliphatic rings. The van der Waals surface area contributed by atoms with Crippen molar-refractivity contribution < 1.29 is 13.2 Å². The molecule has 0 saturated heterocycles. The molecule has 0 aromatic carbocycles. The van der Waals surface area contributed by atoms with Gasteiger partial charge in [0.15, 0.2) is 0 Å². The molecule has 0 unspecified atom stereocenters. The van der Waals surface area contributed by atoms with Crippen LogP contribution in [0, 0.1) is 6.92 Å². The quantitative estimate of drug-likeness (QED) is 0.940. The normalized spacial score (nSPS) is 11.9. The van der Waals surface area contributed by atoms with Gasteiger partial charge in [0.05, 0.1) is 23.6 Å². The van der Waals surface area contributed by atoms with Gasteiger partial charge in [-0.05, 0) is 19.9 Å². The number of aryl methyl sites for hydroxylation is 3. The Bertz CT molecular complexity index is 597. The predicted octanol–water partition coefficient (Wildman–Crippen LogP) is 2.58. The number of aromatic nitrogens is 4. The number of hydrogen-bond acceptors (Lipinski definition) is 3. The summed E-state index contributed by atoms with van der Waals surface area (Å²) in [6.45, 7) is 3.86. The van der Waals surface area contributed by atoms with E-state index in [0.717, 1.165) is 22.1 Å². The lowest BCUT2D eigenvalue weighted by molar-refractivity contribution is -0.144. The third kappa shape index (κ3) is 2.94. The molecule has 2 aromatic heterocycles. The van der Waals surface area contributed by atoms with Crippen LogP contribution in [-0.4, -0.2) is 19.6 Å². The third-order valence-corrected chi connectivity index (χ3v) is 2.89. The highest BCUT2D eigenvalue weighted by Gasteiger charge is 2.35. The first-order valence-corrected chi connectivity index (χ1v) is 6.19. The van der Waals surface area contributed by atoms with Gasteiger partial charge in [0, 0.05) is 19.8 Å². The highest BCUT2D eigenvalue weighted by atomic mass is 19.4. The number of anilines is 1. The second kappa shape index (κ2) is 5.18. The summed E-state index contributed by atoms with van der Waals surface area (Å²) >= 11 is 0. The first kappa shape index (κ1) is 14.4. The average molecular weight is 287 g/mol. The maximum atomic E-state index is 12.8. The molecular formula is C12H16F3N5. The molecule has 20 heavy (non-hydrogen) atoms. The molecule has 8 heteroatoms. The molecule has 0 fully saturated rings. The van der Waals surface area contributed by atoms with Gasteiger partial charge >= 0.3 is 6.18 Å². The van der Waals surface area contributed by atoms with Crippen LogP contribution in [0.5, 0.6) is 0 Å². The van der Waals surface area contributed by atoms with Crippen molar-refractivity contribution in [3.63, 3.8) is 0 Å². The zero-order valence-corrected chi connectivity index (χ0v) is 11.5. The Hall–Kier alpha value is -1.99. The number of hydrogen-bond donors (Lipinski definition) is 1. The molecule has 0 amide bonds. The summed E-state index contributed by atoms with van der Waals surface area (Å²) in [6.07, 6.45) is -2.61. The van der Waals surface area contributed by atoms with Crippen LogP contribution in [0.15, 0.2) is 12.3 Å². The van der Waals surface area contributed by atoms with Crippen LogP contribution in [0.4, 0.5) is 18.9 Å². The zero-order valence-electron chi connectivity index (χ0n) is 11.5. The minimum absolute atomic E-state index is 0.181. The maximum Gasteiger partial charge on any atom is 0.433 e. The monoisotopic (exact) mass is 287 g/mol. The Balaban J connectivity index is 2.14. The van der Waals surface area contributed by atoms with Gasteiger partial charge in [-0.1, -0.05) is 0 Å². The highest BCUT2D eigenvalue weighted by Crippen LogP contribution is 2.30. The van der Waals surface area contributed by atoms with Crippen molar-refractivity contribution in [3.8, 4) is 0 Å². The molecule has 1 N–H and O–H groups in total. The molecule has 0 saturated carbocycles. The number of halogens is 3. The van der Waals surface area contributed by atoms with E-state index in [0.29, 0.717) is 5.69 Å². The van der Waals surface area contributed by atoms with Crippen LogP contribution < -0.4 is 5.32 Å². The molecule has 2 aromatic rings. The first-order chi connectivity index (χ1) is 9.31. The topological polar surface area (TPSA) is 47.7 Å². The van der Waals surface area contributed by atoms with E-state index < -0.39 is 11.9 Å². The summed E-state index contributed by atoms with van der Waals surface area (Å²) in [7, 11) is 1.78. The van der Waals surface area contributed by atoms with E-state index in [1.54, 1.807) is 24.9 Å². The second-order valence-electron chi connectivity index (χ2n) is 4.49. The van der Waals surface area contributed by atoms with Crippen molar-refractivity contribution in [3.05, 3.63) is 29.3 Å². The second-order valence-corrected chi connectivity index (χ2v) is 4.49. The van der Waals surface area contributed by atoms with E-state index in [9.17, 15) is 13.2 Å². The molecule has 0 radical (unpaired) electrons. The summed E-state index contributed by atoms with van der Waals surface area (Å²) < 4.78 is 41.0. The van der Waals surface area contributed by atoms with E-state index >= 15 is 0 Å².